The number of rotatable bonds is 6. The molecule has 0 bridgehead atoms. The first-order chi connectivity index (χ1) is 8.67. The third-order valence-electron chi connectivity index (χ3n) is 2.98. The van der Waals surface area contributed by atoms with E-state index in [0.717, 1.165) is 31.2 Å². The van der Waals surface area contributed by atoms with Crippen LogP contribution in [0.2, 0.25) is 0 Å². The van der Waals surface area contributed by atoms with E-state index in [0.29, 0.717) is 5.92 Å². The highest BCUT2D eigenvalue weighted by Gasteiger charge is 2.13. The second-order valence-electron chi connectivity index (χ2n) is 6.99. The molecule has 0 aliphatic rings. The molecule has 0 saturated carbocycles. The Morgan fingerprint density at radius 1 is 1.32 bits per heavy atom. The first-order valence-electron chi connectivity index (χ1n) is 7.19. The molecule has 1 rings (SSSR count). The van der Waals surface area contributed by atoms with E-state index in [1.807, 2.05) is 0 Å². The second kappa shape index (κ2) is 6.58. The molecule has 1 N–H and O–H groups in total. The van der Waals surface area contributed by atoms with Crippen LogP contribution in [0.5, 0.6) is 0 Å². The normalized spacial score (nSPS) is 12.7. The van der Waals surface area contributed by atoms with Gasteiger partial charge in [-0.1, -0.05) is 13.8 Å². The average Bonchev–Trinajstić information content (AvgIpc) is 2.54. The van der Waals surface area contributed by atoms with Crippen molar-refractivity contribution in [2.45, 2.75) is 60.2 Å². The summed E-state index contributed by atoms with van der Waals surface area (Å²) in [5.74, 6) is 2.76. The maximum atomic E-state index is 5.83. The number of hydrogen-bond donors (Lipinski definition) is 1. The van der Waals surface area contributed by atoms with E-state index in [4.69, 9.17) is 4.42 Å². The van der Waals surface area contributed by atoms with Crippen LogP contribution in [0.3, 0.4) is 0 Å². The Bertz CT molecular complexity index is 388. The van der Waals surface area contributed by atoms with Crippen LogP contribution in [0.1, 0.15) is 51.7 Å². The molecular formula is C16H30N2O. The fraction of sp³-hybridized carbons (Fsp3) is 0.750. The fourth-order valence-electron chi connectivity index (χ4n) is 2.16. The van der Waals surface area contributed by atoms with Gasteiger partial charge in [0.05, 0.1) is 6.54 Å². The highest BCUT2D eigenvalue weighted by Crippen LogP contribution is 2.17. The lowest BCUT2D eigenvalue weighted by molar-refractivity contribution is 0.286. The summed E-state index contributed by atoms with van der Waals surface area (Å²) in [5.41, 5.74) is 1.42. The molecule has 1 aromatic rings. The van der Waals surface area contributed by atoms with Gasteiger partial charge in [0.1, 0.15) is 11.5 Å². The Balaban J connectivity index is 2.59. The fourth-order valence-corrected chi connectivity index (χ4v) is 2.16. The quantitative estimate of drug-likeness (QED) is 0.853. The van der Waals surface area contributed by atoms with E-state index >= 15 is 0 Å². The molecule has 0 aliphatic heterocycles. The summed E-state index contributed by atoms with van der Waals surface area (Å²) in [6, 6.07) is 2.19. The summed E-state index contributed by atoms with van der Waals surface area (Å²) < 4.78 is 5.83. The lowest BCUT2D eigenvalue weighted by Crippen LogP contribution is -2.34. The van der Waals surface area contributed by atoms with Crippen LogP contribution in [0.15, 0.2) is 10.5 Å². The van der Waals surface area contributed by atoms with Crippen molar-refractivity contribution in [3.8, 4) is 0 Å². The minimum Gasteiger partial charge on any atom is -0.465 e. The van der Waals surface area contributed by atoms with E-state index in [-0.39, 0.29) is 5.54 Å². The van der Waals surface area contributed by atoms with Gasteiger partial charge in [0.15, 0.2) is 0 Å². The molecule has 1 heterocycles. The molecule has 0 aliphatic carbocycles. The van der Waals surface area contributed by atoms with Crippen molar-refractivity contribution in [3.05, 3.63) is 23.2 Å². The van der Waals surface area contributed by atoms with Crippen LogP contribution in [0, 0.1) is 12.8 Å². The van der Waals surface area contributed by atoms with Crippen molar-refractivity contribution in [3.63, 3.8) is 0 Å². The van der Waals surface area contributed by atoms with Gasteiger partial charge in [-0.15, -0.1) is 0 Å². The number of furan rings is 1. The maximum absolute atomic E-state index is 5.83. The Morgan fingerprint density at radius 3 is 2.47 bits per heavy atom. The van der Waals surface area contributed by atoms with E-state index < -0.39 is 0 Å². The van der Waals surface area contributed by atoms with E-state index in [1.54, 1.807) is 0 Å². The molecule has 0 radical (unpaired) electrons. The summed E-state index contributed by atoms with van der Waals surface area (Å²) in [7, 11) is 2.17. The van der Waals surface area contributed by atoms with E-state index in [9.17, 15) is 0 Å². The Labute approximate surface area is 118 Å². The maximum Gasteiger partial charge on any atom is 0.118 e. The summed E-state index contributed by atoms with van der Waals surface area (Å²) in [4.78, 5) is 2.35. The smallest absolute Gasteiger partial charge is 0.118 e. The molecule has 0 fully saturated rings. The van der Waals surface area contributed by atoms with Gasteiger partial charge >= 0.3 is 0 Å². The van der Waals surface area contributed by atoms with Gasteiger partial charge in [-0.3, -0.25) is 0 Å². The Morgan fingerprint density at radius 2 is 1.95 bits per heavy atom. The SMILES string of the molecule is Cc1oc(CNC(C)(C)C)cc1CN(C)CC(C)C. The molecule has 3 nitrogen and oxygen atoms in total. The van der Waals surface area contributed by atoms with Gasteiger partial charge < -0.3 is 14.6 Å². The molecule has 110 valence electrons. The Kier molecular flexibility index (Phi) is 5.63. The summed E-state index contributed by atoms with van der Waals surface area (Å²) >= 11 is 0. The second-order valence-corrected chi connectivity index (χ2v) is 6.99. The van der Waals surface area contributed by atoms with Crippen molar-refractivity contribution in [1.82, 2.24) is 10.2 Å². The third-order valence-corrected chi connectivity index (χ3v) is 2.98. The minimum absolute atomic E-state index is 0.120. The minimum atomic E-state index is 0.120. The monoisotopic (exact) mass is 266 g/mol. The van der Waals surface area contributed by atoms with Crippen molar-refractivity contribution in [2.75, 3.05) is 13.6 Å². The molecule has 0 unspecified atom stereocenters. The summed E-state index contributed by atoms with van der Waals surface area (Å²) in [5, 5.41) is 3.46. The molecule has 0 aromatic carbocycles. The Hall–Kier alpha value is -0.800. The molecule has 0 amide bonds. The van der Waals surface area contributed by atoms with Gasteiger partial charge in [-0.25, -0.2) is 0 Å². The lowest BCUT2D eigenvalue weighted by Gasteiger charge is -2.19. The molecule has 3 heteroatoms. The topological polar surface area (TPSA) is 28.4 Å². The van der Waals surface area contributed by atoms with Gasteiger partial charge in [-0.05, 0) is 46.7 Å². The number of aryl methyl sites for hydroxylation is 1. The van der Waals surface area contributed by atoms with Crippen LogP contribution >= 0.6 is 0 Å². The zero-order chi connectivity index (χ0) is 14.6. The zero-order valence-corrected chi connectivity index (χ0v) is 13.6. The molecule has 19 heavy (non-hydrogen) atoms. The number of nitrogens with zero attached hydrogens (tertiary/aromatic N) is 1. The zero-order valence-electron chi connectivity index (χ0n) is 13.6. The summed E-state index contributed by atoms with van der Waals surface area (Å²) in [6.45, 7) is 15.9. The van der Waals surface area contributed by atoms with Crippen LogP contribution in [-0.4, -0.2) is 24.0 Å². The van der Waals surface area contributed by atoms with Crippen molar-refractivity contribution >= 4 is 0 Å². The summed E-state index contributed by atoms with van der Waals surface area (Å²) in [6.07, 6.45) is 0. The standard InChI is InChI=1S/C16H30N2O/c1-12(2)10-18(7)11-14-8-15(19-13(14)3)9-17-16(4,5)6/h8,12,17H,9-11H2,1-7H3. The largest absolute Gasteiger partial charge is 0.465 e. The van der Waals surface area contributed by atoms with Gasteiger partial charge in [-0.2, -0.15) is 0 Å². The van der Waals surface area contributed by atoms with Gasteiger partial charge in [0.25, 0.3) is 0 Å². The average molecular weight is 266 g/mol. The van der Waals surface area contributed by atoms with Crippen molar-refractivity contribution in [1.29, 1.82) is 0 Å². The first-order valence-corrected chi connectivity index (χ1v) is 7.19. The predicted octanol–water partition coefficient (Wildman–Crippen LogP) is 3.56. The van der Waals surface area contributed by atoms with Crippen molar-refractivity contribution < 1.29 is 4.42 Å². The highest BCUT2D eigenvalue weighted by atomic mass is 16.3. The molecule has 0 atom stereocenters. The van der Waals surface area contributed by atoms with E-state index in [1.165, 1.54) is 5.56 Å². The lowest BCUT2D eigenvalue weighted by atomic mass is 10.1. The molecule has 1 aromatic heterocycles. The predicted molar refractivity (Wildman–Crippen MR) is 81.2 cm³/mol. The van der Waals surface area contributed by atoms with Gasteiger partial charge in [0.2, 0.25) is 0 Å². The first kappa shape index (κ1) is 16.3. The molecule has 0 saturated heterocycles. The van der Waals surface area contributed by atoms with Crippen LogP contribution < -0.4 is 5.32 Å². The van der Waals surface area contributed by atoms with Crippen LogP contribution in [-0.2, 0) is 13.1 Å². The van der Waals surface area contributed by atoms with E-state index in [2.05, 4.69) is 64.9 Å². The third kappa shape index (κ3) is 6.26. The van der Waals surface area contributed by atoms with Gasteiger partial charge in [0, 0.05) is 24.2 Å². The van der Waals surface area contributed by atoms with Crippen molar-refractivity contribution in [2.24, 2.45) is 5.92 Å². The number of nitrogens with one attached hydrogen (secondary N) is 1. The highest BCUT2D eigenvalue weighted by molar-refractivity contribution is 5.20. The molecule has 0 spiro atoms. The van der Waals surface area contributed by atoms with Crippen LogP contribution in [0.4, 0.5) is 0 Å². The molecular weight excluding hydrogens is 236 g/mol. The van der Waals surface area contributed by atoms with Crippen LogP contribution in [0.25, 0.3) is 0 Å². The number of hydrogen-bond acceptors (Lipinski definition) is 3.